The van der Waals surface area contributed by atoms with Gasteiger partial charge in [-0.3, -0.25) is 0 Å². The normalized spacial score (nSPS) is 22.5. The third-order valence-electron chi connectivity index (χ3n) is 3.82. The van der Waals surface area contributed by atoms with Gasteiger partial charge in [-0.2, -0.15) is 0 Å². The summed E-state index contributed by atoms with van der Waals surface area (Å²) in [5.41, 5.74) is 0. The molecule has 2 unspecified atom stereocenters. The molecule has 0 saturated heterocycles. The molecule has 1 aliphatic rings. The molecule has 2 atom stereocenters. The van der Waals surface area contributed by atoms with Crippen molar-refractivity contribution >= 4 is 10.0 Å². The van der Waals surface area contributed by atoms with E-state index < -0.39 is 15.8 Å². The minimum atomic E-state index is -3.86. The van der Waals surface area contributed by atoms with Gasteiger partial charge in [0.25, 0.3) is 0 Å². The van der Waals surface area contributed by atoms with Gasteiger partial charge >= 0.3 is 0 Å². The number of aromatic nitrogens is 2. The molecule has 21 heavy (non-hydrogen) atoms. The molecular formula is C14H16FN3O2S. The quantitative estimate of drug-likeness (QED) is 0.940. The van der Waals surface area contributed by atoms with Crippen molar-refractivity contribution in [2.24, 2.45) is 0 Å². The summed E-state index contributed by atoms with van der Waals surface area (Å²) in [6.07, 6.45) is 7.70. The van der Waals surface area contributed by atoms with Crippen LogP contribution in [0.3, 0.4) is 0 Å². The number of nitrogens with one attached hydrogen (secondary N) is 1. The minimum Gasteiger partial charge on any atom is -0.333 e. The fourth-order valence-corrected chi connectivity index (χ4v) is 4.21. The molecule has 1 fully saturated rings. The number of benzene rings is 1. The van der Waals surface area contributed by atoms with Gasteiger partial charge in [0.1, 0.15) is 10.7 Å². The lowest BCUT2D eigenvalue weighted by molar-refractivity contribution is 0.430. The summed E-state index contributed by atoms with van der Waals surface area (Å²) in [6, 6.07) is 5.19. The fraction of sp³-hybridized carbons (Fsp3) is 0.357. The number of rotatable bonds is 4. The van der Waals surface area contributed by atoms with Gasteiger partial charge in [0.2, 0.25) is 10.0 Å². The molecule has 1 heterocycles. The van der Waals surface area contributed by atoms with E-state index >= 15 is 0 Å². The lowest BCUT2D eigenvalue weighted by Gasteiger charge is -2.22. The Bertz CT molecular complexity index is 716. The van der Waals surface area contributed by atoms with Crippen molar-refractivity contribution in [2.75, 3.05) is 0 Å². The highest BCUT2D eigenvalue weighted by atomic mass is 32.2. The zero-order valence-electron chi connectivity index (χ0n) is 11.3. The van der Waals surface area contributed by atoms with Gasteiger partial charge in [0, 0.05) is 18.4 Å². The molecule has 5 nitrogen and oxygen atoms in total. The van der Waals surface area contributed by atoms with Gasteiger partial charge in [0.15, 0.2) is 0 Å². The van der Waals surface area contributed by atoms with E-state index in [2.05, 4.69) is 9.71 Å². The number of nitrogens with zero attached hydrogens (tertiary/aromatic N) is 2. The van der Waals surface area contributed by atoms with E-state index in [0.29, 0.717) is 0 Å². The summed E-state index contributed by atoms with van der Waals surface area (Å²) >= 11 is 0. The average molecular weight is 309 g/mol. The highest BCUT2D eigenvalue weighted by molar-refractivity contribution is 7.89. The van der Waals surface area contributed by atoms with Crippen LogP contribution in [0.25, 0.3) is 0 Å². The van der Waals surface area contributed by atoms with Crippen LogP contribution in [-0.2, 0) is 10.0 Å². The van der Waals surface area contributed by atoms with Crippen molar-refractivity contribution < 1.29 is 12.8 Å². The van der Waals surface area contributed by atoms with Gasteiger partial charge in [-0.1, -0.05) is 12.1 Å². The summed E-state index contributed by atoms with van der Waals surface area (Å²) in [6.45, 7) is 0. The Morgan fingerprint density at radius 1 is 1.29 bits per heavy atom. The van der Waals surface area contributed by atoms with E-state index in [4.69, 9.17) is 0 Å². The van der Waals surface area contributed by atoms with Gasteiger partial charge in [0.05, 0.1) is 12.4 Å². The topological polar surface area (TPSA) is 64.0 Å². The van der Waals surface area contributed by atoms with Crippen molar-refractivity contribution in [3.05, 3.63) is 48.8 Å². The average Bonchev–Trinajstić information content (AvgIpc) is 3.09. The predicted octanol–water partition coefficient (Wildman–Crippen LogP) is 2.09. The van der Waals surface area contributed by atoms with E-state index in [1.54, 1.807) is 12.5 Å². The smallest absolute Gasteiger partial charge is 0.243 e. The molecule has 0 bridgehead atoms. The van der Waals surface area contributed by atoms with E-state index in [1.807, 2.05) is 10.8 Å². The number of hydrogen-bond donors (Lipinski definition) is 1. The number of hydrogen-bond acceptors (Lipinski definition) is 3. The van der Waals surface area contributed by atoms with Crippen LogP contribution in [0.4, 0.5) is 4.39 Å². The first-order valence-corrected chi connectivity index (χ1v) is 8.30. The van der Waals surface area contributed by atoms with Crippen LogP contribution >= 0.6 is 0 Å². The fourth-order valence-electron chi connectivity index (χ4n) is 2.83. The molecule has 1 aliphatic carbocycles. The van der Waals surface area contributed by atoms with Crippen molar-refractivity contribution in [3.8, 4) is 0 Å². The summed E-state index contributed by atoms with van der Waals surface area (Å²) in [5, 5.41) is 0. The summed E-state index contributed by atoms with van der Waals surface area (Å²) in [7, 11) is -3.86. The second kappa shape index (κ2) is 5.57. The van der Waals surface area contributed by atoms with Gasteiger partial charge < -0.3 is 4.57 Å². The Morgan fingerprint density at radius 3 is 2.81 bits per heavy atom. The van der Waals surface area contributed by atoms with E-state index in [1.165, 1.54) is 18.2 Å². The molecular weight excluding hydrogens is 293 g/mol. The van der Waals surface area contributed by atoms with Crippen molar-refractivity contribution in [2.45, 2.75) is 36.2 Å². The Morgan fingerprint density at radius 2 is 2.10 bits per heavy atom. The molecule has 3 rings (SSSR count). The highest BCUT2D eigenvalue weighted by Crippen LogP contribution is 2.31. The summed E-state index contributed by atoms with van der Waals surface area (Å²) < 4.78 is 42.9. The Kier molecular flexibility index (Phi) is 3.77. The van der Waals surface area contributed by atoms with E-state index in [0.717, 1.165) is 25.3 Å². The van der Waals surface area contributed by atoms with Gasteiger partial charge in [-0.15, -0.1) is 0 Å². The first-order chi connectivity index (χ1) is 10.1. The van der Waals surface area contributed by atoms with Crippen molar-refractivity contribution in [1.82, 2.24) is 14.3 Å². The molecule has 2 aromatic rings. The predicted molar refractivity (Wildman–Crippen MR) is 75.6 cm³/mol. The SMILES string of the molecule is O=S(=O)(NC1CCCC1n1ccnc1)c1ccccc1F. The van der Waals surface area contributed by atoms with Crippen LogP contribution in [0, 0.1) is 5.82 Å². The zero-order chi connectivity index (χ0) is 14.9. The number of imidazole rings is 1. The van der Waals surface area contributed by atoms with Crippen LogP contribution in [0.1, 0.15) is 25.3 Å². The highest BCUT2D eigenvalue weighted by Gasteiger charge is 2.33. The van der Waals surface area contributed by atoms with Crippen molar-refractivity contribution in [3.63, 3.8) is 0 Å². The second-order valence-electron chi connectivity index (χ2n) is 5.17. The van der Waals surface area contributed by atoms with Crippen LogP contribution in [0.15, 0.2) is 47.9 Å². The molecule has 0 spiro atoms. The maximum atomic E-state index is 13.7. The van der Waals surface area contributed by atoms with E-state index in [9.17, 15) is 12.8 Å². The molecule has 1 N–H and O–H groups in total. The molecule has 0 aliphatic heterocycles. The summed E-state index contributed by atoms with van der Waals surface area (Å²) in [4.78, 5) is 3.69. The maximum absolute atomic E-state index is 13.7. The van der Waals surface area contributed by atoms with Crippen LogP contribution in [0.2, 0.25) is 0 Å². The minimum absolute atomic E-state index is 0.0223. The third-order valence-corrected chi connectivity index (χ3v) is 5.34. The van der Waals surface area contributed by atoms with Gasteiger partial charge in [-0.25, -0.2) is 22.5 Å². The molecule has 1 saturated carbocycles. The number of halogens is 1. The Balaban J connectivity index is 1.84. The first kappa shape index (κ1) is 14.2. The van der Waals surface area contributed by atoms with E-state index in [-0.39, 0.29) is 17.0 Å². The standard InChI is InChI=1S/C14H16FN3O2S/c15-11-4-1-2-7-14(11)21(19,20)17-12-5-3-6-13(12)18-9-8-16-10-18/h1-2,4,7-10,12-13,17H,3,5-6H2. The second-order valence-corrected chi connectivity index (χ2v) is 6.85. The lowest BCUT2D eigenvalue weighted by atomic mass is 10.2. The van der Waals surface area contributed by atoms with Gasteiger partial charge in [-0.05, 0) is 31.4 Å². The van der Waals surface area contributed by atoms with Crippen LogP contribution < -0.4 is 4.72 Å². The molecule has 1 aromatic heterocycles. The Hall–Kier alpha value is -1.73. The van der Waals surface area contributed by atoms with Crippen LogP contribution in [-0.4, -0.2) is 24.0 Å². The molecule has 1 aromatic carbocycles. The lowest BCUT2D eigenvalue weighted by Crippen LogP contribution is -2.38. The third kappa shape index (κ3) is 2.84. The molecule has 7 heteroatoms. The van der Waals surface area contributed by atoms with Crippen LogP contribution in [0.5, 0.6) is 0 Å². The zero-order valence-corrected chi connectivity index (χ0v) is 12.1. The summed E-state index contributed by atoms with van der Waals surface area (Å²) in [5.74, 6) is -0.734. The molecule has 0 amide bonds. The first-order valence-electron chi connectivity index (χ1n) is 6.82. The monoisotopic (exact) mass is 309 g/mol. The van der Waals surface area contributed by atoms with Crippen molar-refractivity contribution in [1.29, 1.82) is 0 Å². The largest absolute Gasteiger partial charge is 0.333 e. The molecule has 0 radical (unpaired) electrons. The molecule has 112 valence electrons. The maximum Gasteiger partial charge on any atom is 0.243 e. The Labute approximate surface area is 122 Å². The number of sulfonamides is 1.